The van der Waals surface area contributed by atoms with Crippen molar-refractivity contribution < 1.29 is 13.2 Å². The number of fused-ring (bicyclic) bond motifs is 5. The third kappa shape index (κ3) is 2.73. The Bertz CT molecular complexity index is 734. The fourth-order valence-corrected chi connectivity index (χ4v) is 9.57. The molecular formula is C22H37NO3S. The normalized spacial score (nSPS) is 50.1. The van der Waals surface area contributed by atoms with E-state index in [4.69, 9.17) is 0 Å². The smallest absolute Gasteiger partial charge is 0.222 e. The number of carbonyl (C=O) groups excluding carboxylic acids is 1. The molecule has 8 atom stereocenters. The maximum Gasteiger partial charge on any atom is 0.222 e. The highest BCUT2D eigenvalue weighted by molar-refractivity contribution is 7.92. The topological polar surface area (TPSA) is 54.5 Å². The van der Waals surface area contributed by atoms with E-state index in [-0.39, 0.29) is 21.8 Å². The van der Waals surface area contributed by atoms with Crippen LogP contribution in [0.5, 0.6) is 0 Å². The first-order chi connectivity index (χ1) is 12.5. The number of rotatable bonds is 2. The van der Waals surface area contributed by atoms with E-state index in [2.05, 4.69) is 20.8 Å². The fourth-order valence-electron chi connectivity index (χ4n) is 7.97. The van der Waals surface area contributed by atoms with Crippen molar-refractivity contribution in [3.8, 4) is 0 Å². The Hall–Kier alpha value is -0.580. The number of likely N-dealkylation sites (tertiary alicyclic amines) is 1. The molecule has 154 valence electrons. The lowest BCUT2D eigenvalue weighted by molar-refractivity contribution is -0.164. The average Bonchev–Trinajstić information content (AvgIpc) is 2.99. The van der Waals surface area contributed by atoms with Gasteiger partial charge >= 0.3 is 0 Å². The van der Waals surface area contributed by atoms with Gasteiger partial charge in [0.05, 0.1) is 5.25 Å². The van der Waals surface area contributed by atoms with Gasteiger partial charge in [-0.3, -0.25) is 4.79 Å². The average molecular weight is 396 g/mol. The van der Waals surface area contributed by atoms with Gasteiger partial charge in [-0.25, -0.2) is 8.42 Å². The predicted octanol–water partition coefficient (Wildman–Crippen LogP) is 3.90. The molecule has 1 aliphatic heterocycles. The van der Waals surface area contributed by atoms with Crippen molar-refractivity contribution in [3.63, 3.8) is 0 Å². The maximum atomic E-state index is 12.7. The van der Waals surface area contributed by atoms with Gasteiger partial charge in [-0.15, -0.1) is 0 Å². The molecule has 27 heavy (non-hydrogen) atoms. The van der Waals surface area contributed by atoms with Gasteiger partial charge in [0.15, 0.2) is 9.84 Å². The number of piperidine rings is 1. The number of hydrogen-bond acceptors (Lipinski definition) is 3. The highest BCUT2D eigenvalue weighted by Crippen LogP contribution is 2.66. The van der Waals surface area contributed by atoms with Crippen molar-refractivity contribution in [1.29, 1.82) is 0 Å². The molecular weight excluding hydrogens is 358 g/mol. The summed E-state index contributed by atoms with van der Waals surface area (Å²) in [7, 11) is -0.953. The van der Waals surface area contributed by atoms with Crippen LogP contribution in [0.3, 0.4) is 0 Å². The van der Waals surface area contributed by atoms with Gasteiger partial charge in [0.25, 0.3) is 0 Å². The van der Waals surface area contributed by atoms with E-state index in [1.165, 1.54) is 6.42 Å². The summed E-state index contributed by atoms with van der Waals surface area (Å²) in [6, 6.07) is 0.357. The first-order valence-corrected chi connectivity index (χ1v) is 12.7. The zero-order chi connectivity index (χ0) is 19.8. The van der Waals surface area contributed by atoms with Gasteiger partial charge in [0.2, 0.25) is 5.91 Å². The summed E-state index contributed by atoms with van der Waals surface area (Å²) in [4.78, 5) is 14.4. The lowest BCUT2D eigenvalue weighted by atomic mass is 9.45. The van der Waals surface area contributed by atoms with Gasteiger partial charge in [0, 0.05) is 25.3 Å². The van der Waals surface area contributed by atoms with Gasteiger partial charge in [-0.05, 0) is 73.0 Å². The molecule has 4 aliphatic rings. The Morgan fingerprint density at radius 1 is 1.15 bits per heavy atom. The van der Waals surface area contributed by atoms with Crippen LogP contribution >= 0.6 is 0 Å². The first kappa shape index (κ1) is 19.7. The Morgan fingerprint density at radius 2 is 1.85 bits per heavy atom. The number of nitrogens with zero attached hydrogens (tertiary/aromatic N) is 1. The summed E-state index contributed by atoms with van der Waals surface area (Å²) in [5.41, 5.74) is 0.380. The van der Waals surface area contributed by atoms with Crippen molar-refractivity contribution >= 4 is 15.7 Å². The van der Waals surface area contributed by atoms with E-state index in [0.29, 0.717) is 42.0 Å². The minimum atomic E-state index is -2.96. The van der Waals surface area contributed by atoms with E-state index in [1.54, 1.807) is 6.92 Å². The lowest BCUT2D eigenvalue weighted by Gasteiger charge is -2.63. The van der Waals surface area contributed by atoms with Gasteiger partial charge in [-0.2, -0.15) is 0 Å². The second kappa shape index (κ2) is 6.21. The summed E-state index contributed by atoms with van der Waals surface area (Å²) >= 11 is 0. The summed E-state index contributed by atoms with van der Waals surface area (Å²) in [6.45, 7) is 8.97. The first-order valence-electron chi connectivity index (χ1n) is 11.0. The van der Waals surface area contributed by atoms with E-state index in [1.807, 2.05) is 11.9 Å². The third-order valence-corrected chi connectivity index (χ3v) is 11.8. The van der Waals surface area contributed by atoms with Gasteiger partial charge < -0.3 is 4.90 Å². The Labute approximate surface area is 165 Å². The molecule has 0 radical (unpaired) electrons. The molecule has 0 spiro atoms. The van der Waals surface area contributed by atoms with E-state index < -0.39 is 9.84 Å². The molecule has 1 saturated heterocycles. The van der Waals surface area contributed by atoms with Crippen LogP contribution in [0.25, 0.3) is 0 Å². The molecule has 4 rings (SSSR count). The molecule has 5 heteroatoms. The number of carbonyl (C=O) groups is 1. The van der Waals surface area contributed by atoms with Crippen LogP contribution in [0, 0.1) is 34.5 Å². The van der Waals surface area contributed by atoms with Crippen LogP contribution in [-0.4, -0.2) is 43.3 Å². The van der Waals surface area contributed by atoms with E-state index in [9.17, 15) is 13.2 Å². The Morgan fingerprint density at radius 3 is 2.52 bits per heavy atom. The molecule has 4 nitrogen and oxygen atoms in total. The SMILES string of the molecule is CCS(=O)(=O)C1C[C@H]2[C@@H]3C(C)CC4N(C)C(=O)CC[C@]4(C)[C@@H]3CC[C@]2(C)C1. The molecule has 3 aliphatic carbocycles. The zero-order valence-corrected chi connectivity index (χ0v) is 18.5. The minimum Gasteiger partial charge on any atom is -0.342 e. The molecule has 1 amide bonds. The molecule has 3 saturated carbocycles. The van der Waals surface area contributed by atoms with E-state index in [0.717, 1.165) is 32.1 Å². The van der Waals surface area contributed by atoms with Gasteiger partial charge in [-0.1, -0.05) is 27.7 Å². The van der Waals surface area contributed by atoms with E-state index >= 15 is 0 Å². The monoisotopic (exact) mass is 395 g/mol. The molecule has 0 N–H and O–H groups in total. The third-order valence-electron chi connectivity index (χ3n) is 9.57. The molecule has 3 unspecified atom stereocenters. The zero-order valence-electron chi connectivity index (χ0n) is 17.7. The summed E-state index contributed by atoms with van der Waals surface area (Å²) in [6.07, 6.45) is 6.86. The fraction of sp³-hybridized carbons (Fsp3) is 0.955. The lowest BCUT2D eigenvalue weighted by Crippen LogP contribution is -2.62. The van der Waals surface area contributed by atoms with Crippen LogP contribution in [0.4, 0.5) is 0 Å². The van der Waals surface area contributed by atoms with Crippen LogP contribution in [0.2, 0.25) is 0 Å². The van der Waals surface area contributed by atoms with Crippen LogP contribution in [-0.2, 0) is 14.6 Å². The predicted molar refractivity (Wildman–Crippen MR) is 108 cm³/mol. The summed E-state index contributed by atoms with van der Waals surface area (Å²) < 4.78 is 25.3. The number of sulfone groups is 1. The largest absolute Gasteiger partial charge is 0.342 e. The Balaban J connectivity index is 1.68. The van der Waals surface area contributed by atoms with Crippen molar-refractivity contribution in [2.24, 2.45) is 34.5 Å². The molecule has 0 aromatic rings. The van der Waals surface area contributed by atoms with Gasteiger partial charge in [0.1, 0.15) is 0 Å². The van der Waals surface area contributed by atoms with Crippen molar-refractivity contribution in [1.82, 2.24) is 4.90 Å². The molecule has 0 bridgehead atoms. The quantitative estimate of drug-likeness (QED) is 0.712. The highest BCUT2D eigenvalue weighted by Gasteiger charge is 2.62. The summed E-state index contributed by atoms with van der Waals surface area (Å²) in [5, 5.41) is -0.135. The standard InChI is InChI=1S/C22H37NO3S/c1-6-27(25,26)15-12-17-20-14(2)11-18-22(4,10-8-19(24)23(18)5)16(20)7-9-21(17,3)13-15/h14-18,20H,6-13H2,1-5H3/t14?,15?,16-,17+,18?,20-,21-,22-/m1/s1. The van der Waals surface area contributed by atoms with Crippen molar-refractivity contribution in [3.05, 3.63) is 0 Å². The number of hydrogen-bond donors (Lipinski definition) is 0. The van der Waals surface area contributed by atoms with Crippen molar-refractivity contribution in [2.75, 3.05) is 12.8 Å². The Kier molecular flexibility index (Phi) is 4.53. The molecule has 1 heterocycles. The van der Waals surface area contributed by atoms with Crippen molar-refractivity contribution in [2.45, 2.75) is 83.9 Å². The second-order valence-electron chi connectivity index (χ2n) is 10.7. The number of amides is 1. The molecule has 0 aromatic carbocycles. The van der Waals surface area contributed by atoms with Crippen LogP contribution in [0.1, 0.15) is 72.6 Å². The second-order valence-corrected chi connectivity index (χ2v) is 13.3. The highest BCUT2D eigenvalue weighted by atomic mass is 32.2. The maximum absolute atomic E-state index is 12.7. The minimum absolute atomic E-state index is 0.135. The molecule has 0 aromatic heterocycles. The van der Waals surface area contributed by atoms with Crippen LogP contribution < -0.4 is 0 Å². The summed E-state index contributed by atoms with van der Waals surface area (Å²) in [5.74, 6) is 2.91. The molecule has 4 fully saturated rings. The van der Waals surface area contributed by atoms with Crippen LogP contribution in [0.15, 0.2) is 0 Å².